The lowest BCUT2D eigenvalue weighted by atomic mass is 9.90. The van der Waals surface area contributed by atoms with Crippen molar-refractivity contribution in [1.82, 2.24) is 0 Å². The second-order valence-corrected chi connectivity index (χ2v) is 5.10. The molecule has 0 aliphatic rings. The van der Waals surface area contributed by atoms with Crippen molar-refractivity contribution in [3.63, 3.8) is 0 Å². The standard InChI is InChI=1S/C16H16ClFO/c1-11-4-2-3-5-14(11)13(10-19)8-12-6-7-16(18)15(17)9-12/h2-7,9,13,19H,8,10H2,1H3. The van der Waals surface area contributed by atoms with Crippen molar-refractivity contribution >= 4 is 11.6 Å². The van der Waals surface area contributed by atoms with E-state index in [9.17, 15) is 9.50 Å². The summed E-state index contributed by atoms with van der Waals surface area (Å²) in [7, 11) is 0. The van der Waals surface area contributed by atoms with Gasteiger partial charge >= 0.3 is 0 Å². The van der Waals surface area contributed by atoms with Crippen LogP contribution < -0.4 is 0 Å². The smallest absolute Gasteiger partial charge is 0.141 e. The molecule has 1 atom stereocenters. The van der Waals surface area contributed by atoms with Crippen molar-refractivity contribution < 1.29 is 9.50 Å². The van der Waals surface area contributed by atoms with Gasteiger partial charge in [0.05, 0.1) is 11.6 Å². The summed E-state index contributed by atoms with van der Waals surface area (Å²) in [6.45, 7) is 2.08. The van der Waals surface area contributed by atoms with Gasteiger partial charge in [-0.2, -0.15) is 0 Å². The molecular weight excluding hydrogens is 263 g/mol. The Balaban J connectivity index is 2.24. The Hall–Kier alpha value is -1.38. The minimum atomic E-state index is -0.415. The topological polar surface area (TPSA) is 20.2 Å². The van der Waals surface area contributed by atoms with Gasteiger partial charge < -0.3 is 5.11 Å². The van der Waals surface area contributed by atoms with E-state index in [1.165, 1.54) is 6.07 Å². The first kappa shape index (κ1) is 14.0. The lowest BCUT2D eigenvalue weighted by Crippen LogP contribution is -2.09. The highest BCUT2D eigenvalue weighted by molar-refractivity contribution is 6.30. The Kier molecular flexibility index (Phi) is 4.56. The van der Waals surface area contributed by atoms with Gasteiger partial charge in [-0.25, -0.2) is 4.39 Å². The van der Waals surface area contributed by atoms with Crippen LogP contribution >= 0.6 is 11.6 Å². The van der Waals surface area contributed by atoms with E-state index < -0.39 is 5.82 Å². The molecule has 0 bridgehead atoms. The van der Waals surface area contributed by atoms with Crippen LogP contribution in [0.3, 0.4) is 0 Å². The van der Waals surface area contributed by atoms with Crippen LogP contribution in [0.1, 0.15) is 22.6 Å². The van der Waals surface area contributed by atoms with Gasteiger partial charge in [0.25, 0.3) is 0 Å². The summed E-state index contributed by atoms with van der Waals surface area (Å²) < 4.78 is 13.1. The summed E-state index contributed by atoms with van der Waals surface area (Å²) in [6.07, 6.45) is 0.640. The lowest BCUT2D eigenvalue weighted by molar-refractivity contribution is 0.264. The van der Waals surface area contributed by atoms with E-state index >= 15 is 0 Å². The molecule has 2 aromatic rings. The summed E-state index contributed by atoms with van der Waals surface area (Å²) in [4.78, 5) is 0. The fourth-order valence-corrected chi connectivity index (χ4v) is 2.47. The van der Waals surface area contributed by atoms with E-state index in [-0.39, 0.29) is 17.5 Å². The number of hydrogen-bond donors (Lipinski definition) is 1. The number of rotatable bonds is 4. The zero-order valence-electron chi connectivity index (χ0n) is 10.7. The van der Waals surface area contributed by atoms with E-state index in [0.29, 0.717) is 6.42 Å². The summed E-state index contributed by atoms with van der Waals surface area (Å²) in [5.74, 6) is -0.412. The third-order valence-electron chi connectivity index (χ3n) is 3.31. The minimum absolute atomic E-state index is 0.00253. The number of benzene rings is 2. The number of aliphatic hydroxyl groups is 1. The maximum atomic E-state index is 13.1. The monoisotopic (exact) mass is 278 g/mol. The molecule has 0 aromatic heterocycles. The zero-order chi connectivity index (χ0) is 13.8. The maximum absolute atomic E-state index is 13.1. The summed E-state index contributed by atoms with van der Waals surface area (Å²) in [6, 6.07) is 12.7. The Morgan fingerprint density at radius 2 is 1.95 bits per heavy atom. The molecule has 0 saturated heterocycles. The Morgan fingerprint density at radius 3 is 2.58 bits per heavy atom. The Labute approximate surface area is 117 Å². The van der Waals surface area contributed by atoms with E-state index in [2.05, 4.69) is 0 Å². The summed E-state index contributed by atoms with van der Waals surface area (Å²) >= 11 is 5.78. The SMILES string of the molecule is Cc1ccccc1C(CO)Cc1ccc(F)c(Cl)c1. The largest absolute Gasteiger partial charge is 0.396 e. The van der Waals surface area contributed by atoms with E-state index in [1.807, 2.05) is 31.2 Å². The molecule has 0 fully saturated rings. The molecule has 0 spiro atoms. The zero-order valence-corrected chi connectivity index (χ0v) is 11.5. The third kappa shape index (κ3) is 3.34. The Morgan fingerprint density at radius 1 is 1.21 bits per heavy atom. The molecule has 0 heterocycles. The van der Waals surface area contributed by atoms with Crippen LogP contribution in [0.2, 0.25) is 5.02 Å². The van der Waals surface area contributed by atoms with E-state index in [4.69, 9.17) is 11.6 Å². The molecule has 2 rings (SSSR count). The molecule has 1 nitrogen and oxygen atoms in total. The highest BCUT2D eigenvalue weighted by atomic mass is 35.5. The molecule has 0 saturated carbocycles. The van der Waals surface area contributed by atoms with Gasteiger partial charge in [-0.3, -0.25) is 0 Å². The van der Waals surface area contributed by atoms with Crippen molar-refractivity contribution in [2.45, 2.75) is 19.3 Å². The van der Waals surface area contributed by atoms with Gasteiger partial charge in [-0.05, 0) is 42.2 Å². The molecule has 0 radical (unpaired) electrons. The van der Waals surface area contributed by atoms with Crippen molar-refractivity contribution in [3.05, 3.63) is 70.0 Å². The van der Waals surface area contributed by atoms with Gasteiger partial charge in [0.1, 0.15) is 5.82 Å². The molecule has 2 aromatic carbocycles. The fourth-order valence-electron chi connectivity index (χ4n) is 2.27. The molecule has 1 unspecified atom stereocenters. The number of hydrogen-bond acceptors (Lipinski definition) is 1. The van der Waals surface area contributed by atoms with Gasteiger partial charge in [0.15, 0.2) is 0 Å². The number of aryl methyl sites for hydroxylation is 1. The third-order valence-corrected chi connectivity index (χ3v) is 3.60. The lowest BCUT2D eigenvalue weighted by Gasteiger charge is -2.17. The second kappa shape index (κ2) is 6.18. The number of halogens is 2. The van der Waals surface area contributed by atoms with Crippen LogP contribution in [0.15, 0.2) is 42.5 Å². The quantitative estimate of drug-likeness (QED) is 0.892. The summed E-state index contributed by atoms with van der Waals surface area (Å²) in [5, 5.41) is 9.71. The van der Waals surface area contributed by atoms with Crippen molar-refractivity contribution in [2.24, 2.45) is 0 Å². The van der Waals surface area contributed by atoms with E-state index in [1.54, 1.807) is 12.1 Å². The molecule has 3 heteroatoms. The van der Waals surface area contributed by atoms with Gasteiger partial charge in [-0.1, -0.05) is 41.9 Å². The highest BCUT2D eigenvalue weighted by Crippen LogP contribution is 2.25. The van der Waals surface area contributed by atoms with Crippen LogP contribution in [0.25, 0.3) is 0 Å². The van der Waals surface area contributed by atoms with Crippen LogP contribution in [-0.2, 0) is 6.42 Å². The van der Waals surface area contributed by atoms with Crippen molar-refractivity contribution in [3.8, 4) is 0 Å². The molecule has 100 valence electrons. The van der Waals surface area contributed by atoms with Crippen LogP contribution in [0, 0.1) is 12.7 Å². The normalized spacial score (nSPS) is 12.4. The Bertz CT molecular complexity index is 568. The molecule has 0 aliphatic heterocycles. The van der Waals surface area contributed by atoms with Crippen LogP contribution in [-0.4, -0.2) is 11.7 Å². The fraction of sp³-hybridized carbons (Fsp3) is 0.250. The van der Waals surface area contributed by atoms with Gasteiger partial charge in [-0.15, -0.1) is 0 Å². The second-order valence-electron chi connectivity index (χ2n) is 4.69. The highest BCUT2D eigenvalue weighted by Gasteiger charge is 2.14. The first-order valence-electron chi connectivity index (χ1n) is 6.22. The molecule has 0 aliphatic carbocycles. The number of aliphatic hydroxyl groups excluding tert-OH is 1. The molecule has 19 heavy (non-hydrogen) atoms. The summed E-state index contributed by atoms with van der Waals surface area (Å²) in [5.41, 5.74) is 3.19. The predicted molar refractivity (Wildman–Crippen MR) is 76.1 cm³/mol. The molecule has 1 N–H and O–H groups in total. The average Bonchev–Trinajstić information content (AvgIpc) is 2.41. The first-order valence-corrected chi connectivity index (χ1v) is 6.60. The maximum Gasteiger partial charge on any atom is 0.141 e. The molecular formula is C16H16ClFO. The molecule has 0 amide bonds. The predicted octanol–water partition coefficient (Wildman–Crippen LogP) is 4.11. The minimum Gasteiger partial charge on any atom is -0.396 e. The van der Waals surface area contributed by atoms with E-state index in [0.717, 1.165) is 16.7 Å². The average molecular weight is 279 g/mol. The first-order chi connectivity index (χ1) is 9.11. The van der Waals surface area contributed by atoms with Gasteiger partial charge in [0.2, 0.25) is 0 Å². The van der Waals surface area contributed by atoms with Crippen LogP contribution in [0.5, 0.6) is 0 Å². The van der Waals surface area contributed by atoms with Crippen LogP contribution in [0.4, 0.5) is 4.39 Å². The van der Waals surface area contributed by atoms with Gasteiger partial charge in [0, 0.05) is 5.92 Å². The van der Waals surface area contributed by atoms with Crippen molar-refractivity contribution in [1.29, 1.82) is 0 Å². The van der Waals surface area contributed by atoms with Crippen molar-refractivity contribution in [2.75, 3.05) is 6.61 Å².